The number of hydrogen-bond donors (Lipinski definition) is 1. The van der Waals surface area contributed by atoms with Crippen LogP contribution in [0.2, 0.25) is 0 Å². The summed E-state index contributed by atoms with van der Waals surface area (Å²) in [5, 5.41) is 0. The first-order chi connectivity index (χ1) is 14.6. The van der Waals surface area contributed by atoms with Crippen LogP contribution in [0.15, 0.2) is 59.8 Å². The van der Waals surface area contributed by atoms with Crippen LogP contribution < -0.4 is 10.6 Å². The lowest BCUT2D eigenvalue weighted by Gasteiger charge is -2.23. The highest BCUT2D eigenvalue weighted by atomic mass is 16.2. The molecule has 0 fully saturated rings. The highest BCUT2D eigenvalue weighted by Crippen LogP contribution is 2.26. The molecule has 0 spiro atoms. The van der Waals surface area contributed by atoms with Gasteiger partial charge in [-0.15, -0.1) is 0 Å². The summed E-state index contributed by atoms with van der Waals surface area (Å²) in [6.45, 7) is 1.78. The van der Waals surface area contributed by atoms with Crippen molar-refractivity contribution in [3.8, 4) is 5.82 Å². The summed E-state index contributed by atoms with van der Waals surface area (Å²) in [7, 11) is 1.78. The van der Waals surface area contributed by atoms with Gasteiger partial charge in [0, 0.05) is 45.3 Å². The Hall–Kier alpha value is -4.01. The number of H-pyrrole nitrogens is 1. The summed E-state index contributed by atoms with van der Waals surface area (Å²) < 4.78 is 1.48. The van der Waals surface area contributed by atoms with Gasteiger partial charge in [0.15, 0.2) is 5.65 Å². The van der Waals surface area contributed by atoms with Crippen molar-refractivity contribution in [3.05, 3.63) is 76.6 Å². The maximum absolute atomic E-state index is 12.9. The molecule has 150 valence electrons. The van der Waals surface area contributed by atoms with E-state index in [4.69, 9.17) is 4.98 Å². The number of aromatic nitrogens is 5. The van der Waals surface area contributed by atoms with Crippen LogP contribution in [0.1, 0.15) is 15.9 Å². The molecule has 0 bridgehead atoms. The van der Waals surface area contributed by atoms with Crippen LogP contribution in [-0.4, -0.2) is 55.4 Å². The molecule has 9 nitrogen and oxygen atoms in total. The Morgan fingerprint density at radius 1 is 1.03 bits per heavy atom. The van der Waals surface area contributed by atoms with Crippen LogP contribution >= 0.6 is 0 Å². The minimum Gasteiger partial charge on any atom is -0.350 e. The number of anilines is 1. The quantitative estimate of drug-likeness (QED) is 0.560. The van der Waals surface area contributed by atoms with Gasteiger partial charge in [0.2, 0.25) is 0 Å². The van der Waals surface area contributed by atoms with Crippen LogP contribution in [0.4, 0.5) is 5.82 Å². The number of fused-ring (bicyclic) bond motifs is 2. The molecule has 4 aromatic heterocycles. The van der Waals surface area contributed by atoms with Gasteiger partial charge in [-0.3, -0.25) is 14.8 Å². The molecule has 0 saturated carbocycles. The van der Waals surface area contributed by atoms with E-state index in [1.807, 2.05) is 12.1 Å². The summed E-state index contributed by atoms with van der Waals surface area (Å²) in [5.74, 6) is 0.910. The van der Waals surface area contributed by atoms with Gasteiger partial charge in [-0.2, -0.15) is 0 Å². The van der Waals surface area contributed by atoms with E-state index in [-0.39, 0.29) is 11.6 Å². The Bertz CT molecular complexity index is 1300. The zero-order valence-corrected chi connectivity index (χ0v) is 16.3. The van der Waals surface area contributed by atoms with Gasteiger partial charge in [-0.05, 0) is 42.0 Å². The van der Waals surface area contributed by atoms with Crippen molar-refractivity contribution in [1.29, 1.82) is 0 Å². The summed E-state index contributed by atoms with van der Waals surface area (Å²) in [4.78, 5) is 45.0. The average molecular weight is 401 g/mol. The third-order valence-electron chi connectivity index (χ3n) is 5.25. The van der Waals surface area contributed by atoms with Crippen molar-refractivity contribution in [3.63, 3.8) is 0 Å². The number of nitrogens with one attached hydrogen (secondary N) is 1. The molecule has 1 aliphatic rings. The number of imidazole rings is 1. The largest absolute Gasteiger partial charge is 0.350 e. The monoisotopic (exact) mass is 401 g/mol. The second-order valence-corrected chi connectivity index (χ2v) is 7.18. The first-order valence-electron chi connectivity index (χ1n) is 9.58. The van der Waals surface area contributed by atoms with Gasteiger partial charge in [0.25, 0.3) is 5.91 Å². The molecular weight excluding hydrogens is 382 g/mol. The summed E-state index contributed by atoms with van der Waals surface area (Å²) in [5.41, 5.74) is 2.37. The molecule has 1 amide bonds. The van der Waals surface area contributed by atoms with Gasteiger partial charge in [-0.25, -0.2) is 19.3 Å². The summed E-state index contributed by atoms with van der Waals surface area (Å²) in [6.07, 6.45) is 5.11. The number of carbonyl (C=O) groups is 1. The molecule has 0 atom stereocenters. The Balaban J connectivity index is 1.66. The molecule has 30 heavy (non-hydrogen) atoms. The number of hydrogen-bond acceptors (Lipinski definition) is 6. The number of likely N-dealkylation sites (N-methyl/N-ethyl adjacent to an activating group) is 1. The van der Waals surface area contributed by atoms with Crippen LogP contribution in [0, 0.1) is 0 Å². The number of amides is 1. The smallest absolute Gasteiger partial charge is 0.333 e. The fourth-order valence-electron chi connectivity index (χ4n) is 3.68. The minimum atomic E-state index is -0.325. The van der Waals surface area contributed by atoms with Crippen LogP contribution in [0.3, 0.4) is 0 Å². The van der Waals surface area contributed by atoms with E-state index >= 15 is 0 Å². The number of rotatable bonds is 3. The van der Waals surface area contributed by atoms with Crippen molar-refractivity contribution < 1.29 is 4.79 Å². The Morgan fingerprint density at radius 3 is 2.70 bits per heavy atom. The molecule has 9 heteroatoms. The normalized spacial score (nSPS) is 14.1. The molecule has 0 radical (unpaired) electrons. The summed E-state index contributed by atoms with van der Waals surface area (Å²) >= 11 is 0. The van der Waals surface area contributed by atoms with Gasteiger partial charge in [-0.1, -0.05) is 0 Å². The fraction of sp³-hybridized carbons (Fsp3) is 0.190. The fourth-order valence-corrected chi connectivity index (χ4v) is 3.68. The Morgan fingerprint density at radius 2 is 1.87 bits per heavy atom. The van der Waals surface area contributed by atoms with Gasteiger partial charge in [0.05, 0.1) is 11.1 Å². The predicted molar refractivity (Wildman–Crippen MR) is 112 cm³/mol. The van der Waals surface area contributed by atoms with Gasteiger partial charge >= 0.3 is 5.69 Å². The number of nitrogens with zero attached hydrogens (tertiary/aromatic N) is 6. The molecule has 0 aromatic carbocycles. The second kappa shape index (κ2) is 7.11. The predicted octanol–water partition coefficient (Wildman–Crippen LogP) is 1.60. The first kappa shape index (κ1) is 18.0. The molecule has 0 aliphatic carbocycles. The highest BCUT2D eigenvalue weighted by molar-refractivity contribution is 5.99. The average Bonchev–Trinajstić information content (AvgIpc) is 3.06. The lowest BCUT2D eigenvalue weighted by molar-refractivity contribution is 0.0804. The summed E-state index contributed by atoms with van der Waals surface area (Å²) in [6, 6.07) is 10.9. The van der Waals surface area contributed by atoms with E-state index in [1.54, 1.807) is 54.8 Å². The standard InChI is InChI=1S/C21H19N7O2/c1-26-11-12-27(13-14-6-9-22-10-7-14)19-15(20(26)29)4-5-17(24-19)28-16-3-2-8-23-18(16)25-21(28)30/h2-10H,11-13H2,1H3,(H,23,25,30). The SMILES string of the molecule is CN1CCN(Cc2ccncc2)c2nc(-n3c(=O)[nH]c4ncccc43)ccc2C1=O. The second-order valence-electron chi connectivity index (χ2n) is 7.18. The molecule has 1 aliphatic heterocycles. The van der Waals surface area contributed by atoms with Gasteiger partial charge < -0.3 is 9.80 Å². The zero-order chi connectivity index (χ0) is 20.7. The van der Waals surface area contributed by atoms with Crippen molar-refractivity contribution in [2.45, 2.75) is 6.54 Å². The lowest BCUT2D eigenvalue weighted by Crippen LogP contribution is -2.31. The lowest BCUT2D eigenvalue weighted by atomic mass is 10.2. The molecule has 5 rings (SSSR count). The molecule has 5 heterocycles. The van der Waals surface area contributed by atoms with E-state index < -0.39 is 0 Å². The minimum absolute atomic E-state index is 0.0887. The van der Waals surface area contributed by atoms with Crippen LogP contribution in [0.5, 0.6) is 0 Å². The molecule has 0 saturated heterocycles. The molecular formula is C21H19N7O2. The van der Waals surface area contributed by atoms with E-state index in [9.17, 15) is 9.59 Å². The number of pyridine rings is 3. The van der Waals surface area contributed by atoms with Crippen LogP contribution in [-0.2, 0) is 6.54 Å². The molecule has 0 unspecified atom stereocenters. The number of aromatic amines is 1. The molecule has 1 N–H and O–H groups in total. The molecule has 4 aromatic rings. The van der Waals surface area contributed by atoms with Crippen molar-refractivity contribution in [2.24, 2.45) is 0 Å². The maximum atomic E-state index is 12.9. The maximum Gasteiger partial charge on any atom is 0.333 e. The topological polar surface area (TPSA) is 100 Å². The van der Waals surface area contributed by atoms with E-state index in [0.717, 1.165) is 5.56 Å². The van der Waals surface area contributed by atoms with E-state index in [0.29, 0.717) is 48.0 Å². The number of carbonyl (C=O) groups excluding carboxylic acids is 1. The van der Waals surface area contributed by atoms with Crippen LogP contribution in [0.25, 0.3) is 17.0 Å². The third-order valence-corrected chi connectivity index (χ3v) is 5.25. The highest BCUT2D eigenvalue weighted by Gasteiger charge is 2.26. The van der Waals surface area contributed by atoms with Gasteiger partial charge in [0.1, 0.15) is 11.6 Å². The van der Waals surface area contributed by atoms with Crippen molar-refractivity contribution in [1.82, 2.24) is 29.4 Å². The van der Waals surface area contributed by atoms with E-state index in [2.05, 4.69) is 19.9 Å². The van der Waals surface area contributed by atoms with Crippen molar-refractivity contribution >= 4 is 22.9 Å². The Labute approximate surface area is 171 Å². The Kier molecular flexibility index (Phi) is 4.27. The third kappa shape index (κ3) is 3.00. The van der Waals surface area contributed by atoms with E-state index in [1.165, 1.54) is 4.57 Å². The van der Waals surface area contributed by atoms with Crippen molar-refractivity contribution in [2.75, 3.05) is 25.0 Å². The zero-order valence-electron chi connectivity index (χ0n) is 16.3. The first-order valence-corrected chi connectivity index (χ1v) is 9.58.